The molecule has 1 rings (SSSR count). The van der Waals surface area contributed by atoms with E-state index < -0.39 is 18.5 Å². The maximum atomic E-state index is 9.16. The molecule has 4 nitrogen and oxygen atoms in total. The molecule has 1 aliphatic heterocycles. The smallest absolute Gasteiger partial charge is 0.157 e. The van der Waals surface area contributed by atoms with Crippen molar-refractivity contribution in [2.24, 2.45) is 0 Å². The van der Waals surface area contributed by atoms with Crippen LogP contribution in [0.5, 0.6) is 0 Å². The van der Waals surface area contributed by atoms with E-state index in [1.165, 1.54) is 0 Å². The fourth-order valence-electron chi connectivity index (χ4n) is 1.31. The summed E-state index contributed by atoms with van der Waals surface area (Å²) in [7, 11) is 1.54. The van der Waals surface area contributed by atoms with Crippen molar-refractivity contribution in [2.45, 2.75) is 37.9 Å². The van der Waals surface area contributed by atoms with Crippen LogP contribution in [0.1, 0.15) is 13.3 Å². The van der Waals surface area contributed by atoms with E-state index in [0.29, 0.717) is 6.42 Å². The van der Waals surface area contributed by atoms with E-state index in [4.69, 9.17) is 19.7 Å². The molecule has 0 aromatic carbocycles. The van der Waals surface area contributed by atoms with E-state index in [-0.39, 0.29) is 6.10 Å². The average Bonchev–Trinajstić information content (AvgIpc) is 2.30. The second kappa shape index (κ2) is 3.49. The molecule has 1 heterocycles. The van der Waals surface area contributed by atoms with Gasteiger partial charge in [0.15, 0.2) is 6.29 Å². The first-order chi connectivity index (χ1) is 5.15. The Morgan fingerprint density at radius 2 is 2.27 bits per heavy atom. The molecule has 1 fully saturated rings. The fourth-order valence-corrected chi connectivity index (χ4v) is 1.31. The van der Waals surface area contributed by atoms with Gasteiger partial charge in [0.25, 0.3) is 0 Å². The van der Waals surface area contributed by atoms with Gasteiger partial charge >= 0.3 is 0 Å². The summed E-state index contributed by atoms with van der Waals surface area (Å²) in [6, 6.07) is 0. The molecule has 2 N–H and O–H groups in total. The number of aliphatic hydroxyl groups excluding tert-OH is 2. The quantitative estimate of drug-likeness (QED) is 0.574. The zero-order valence-electron chi connectivity index (χ0n) is 6.73. The van der Waals surface area contributed by atoms with Crippen molar-refractivity contribution >= 4 is 0 Å². The van der Waals surface area contributed by atoms with Gasteiger partial charge in [-0.15, -0.1) is 0 Å². The minimum absolute atomic E-state index is 0.190. The summed E-state index contributed by atoms with van der Waals surface area (Å²) < 4.78 is 10.0. The molecule has 4 heteroatoms. The lowest BCUT2D eigenvalue weighted by molar-refractivity contribution is -0.128. The highest BCUT2D eigenvalue weighted by Gasteiger charge is 2.37. The summed E-state index contributed by atoms with van der Waals surface area (Å²) >= 11 is 0. The van der Waals surface area contributed by atoms with Gasteiger partial charge in [0.2, 0.25) is 0 Å². The van der Waals surface area contributed by atoms with E-state index >= 15 is 0 Å². The highest BCUT2D eigenvalue weighted by atomic mass is 16.6. The summed E-state index contributed by atoms with van der Waals surface area (Å²) in [5, 5.41) is 18.2. The number of ether oxygens (including phenoxy) is 2. The second-order valence-electron chi connectivity index (χ2n) is 2.81. The molecule has 0 unspecified atom stereocenters. The Labute approximate surface area is 65.7 Å². The van der Waals surface area contributed by atoms with Gasteiger partial charge in [-0.1, -0.05) is 0 Å². The van der Waals surface area contributed by atoms with Gasteiger partial charge in [0.05, 0.1) is 12.2 Å². The monoisotopic (exact) mass is 162 g/mol. The number of rotatable bonds is 2. The standard InChI is InChI=1S/C7H14O4/c1-4(8)7-5(10-2)3-6(9)11-7/h4-9H,3H2,1-2H3/t4-,5-,6+,7-/m0/s1. The van der Waals surface area contributed by atoms with Crippen LogP contribution in [0.15, 0.2) is 0 Å². The Morgan fingerprint density at radius 3 is 2.64 bits per heavy atom. The Kier molecular flexibility index (Phi) is 2.84. The molecular weight excluding hydrogens is 148 g/mol. The zero-order valence-corrected chi connectivity index (χ0v) is 6.73. The number of hydrogen-bond donors (Lipinski definition) is 2. The van der Waals surface area contributed by atoms with Crippen LogP contribution in [0.3, 0.4) is 0 Å². The Bertz CT molecular complexity index is 126. The predicted molar refractivity (Wildman–Crippen MR) is 38.0 cm³/mol. The van der Waals surface area contributed by atoms with Crippen LogP contribution < -0.4 is 0 Å². The summed E-state index contributed by atoms with van der Waals surface area (Å²) in [6.07, 6.45) is -1.54. The van der Waals surface area contributed by atoms with E-state index in [2.05, 4.69) is 0 Å². The molecule has 0 amide bonds. The Hall–Kier alpha value is -0.160. The van der Waals surface area contributed by atoms with Crippen molar-refractivity contribution in [3.8, 4) is 0 Å². The summed E-state index contributed by atoms with van der Waals surface area (Å²) in [4.78, 5) is 0. The summed E-state index contributed by atoms with van der Waals surface area (Å²) in [5.41, 5.74) is 0. The first-order valence-electron chi connectivity index (χ1n) is 3.69. The van der Waals surface area contributed by atoms with Gasteiger partial charge in [-0.05, 0) is 6.92 Å². The van der Waals surface area contributed by atoms with Crippen LogP contribution in [0.25, 0.3) is 0 Å². The lowest BCUT2D eigenvalue weighted by atomic mass is 10.1. The van der Waals surface area contributed by atoms with Gasteiger partial charge in [-0.2, -0.15) is 0 Å². The predicted octanol–water partition coefficient (Wildman–Crippen LogP) is -0.510. The first kappa shape index (κ1) is 8.93. The van der Waals surface area contributed by atoms with Crippen LogP contribution in [-0.2, 0) is 9.47 Å². The van der Waals surface area contributed by atoms with Crippen molar-refractivity contribution in [3.63, 3.8) is 0 Å². The van der Waals surface area contributed by atoms with Gasteiger partial charge in [0.1, 0.15) is 6.10 Å². The molecule has 0 aromatic rings. The molecule has 1 saturated heterocycles. The highest BCUT2D eigenvalue weighted by molar-refractivity contribution is 4.82. The third-order valence-corrected chi connectivity index (χ3v) is 1.89. The highest BCUT2D eigenvalue weighted by Crippen LogP contribution is 2.23. The van der Waals surface area contributed by atoms with Gasteiger partial charge in [-0.3, -0.25) is 0 Å². The van der Waals surface area contributed by atoms with Gasteiger partial charge < -0.3 is 19.7 Å². The molecule has 0 aromatic heterocycles. The summed E-state index contributed by atoms with van der Waals surface area (Å²) in [5.74, 6) is 0. The molecule has 0 radical (unpaired) electrons. The molecular formula is C7H14O4. The maximum absolute atomic E-state index is 9.16. The van der Waals surface area contributed by atoms with E-state index in [9.17, 15) is 0 Å². The fraction of sp³-hybridized carbons (Fsp3) is 1.00. The minimum atomic E-state index is -0.792. The van der Waals surface area contributed by atoms with Crippen LogP contribution in [0, 0.1) is 0 Å². The molecule has 0 saturated carbocycles. The van der Waals surface area contributed by atoms with Crippen molar-refractivity contribution in [2.75, 3.05) is 7.11 Å². The normalized spacial score (nSPS) is 40.9. The van der Waals surface area contributed by atoms with Crippen LogP contribution in [0.4, 0.5) is 0 Å². The number of hydrogen-bond acceptors (Lipinski definition) is 4. The minimum Gasteiger partial charge on any atom is -0.391 e. The molecule has 66 valence electrons. The maximum Gasteiger partial charge on any atom is 0.157 e. The lowest BCUT2D eigenvalue weighted by Gasteiger charge is -2.18. The third kappa shape index (κ3) is 1.90. The SMILES string of the molecule is CO[C@H]1C[C@H](O)O[C@H]1[C@H](C)O. The van der Waals surface area contributed by atoms with Gasteiger partial charge in [0, 0.05) is 13.5 Å². The van der Waals surface area contributed by atoms with E-state index in [1.807, 2.05) is 0 Å². The lowest BCUT2D eigenvalue weighted by Crippen LogP contribution is -2.33. The van der Waals surface area contributed by atoms with Crippen LogP contribution in [-0.4, -0.2) is 41.9 Å². The van der Waals surface area contributed by atoms with Gasteiger partial charge in [-0.25, -0.2) is 0 Å². The second-order valence-corrected chi connectivity index (χ2v) is 2.81. The molecule has 0 spiro atoms. The average molecular weight is 162 g/mol. The Morgan fingerprint density at radius 1 is 1.64 bits per heavy atom. The Balaban J connectivity index is 2.50. The van der Waals surface area contributed by atoms with Crippen molar-refractivity contribution in [1.29, 1.82) is 0 Å². The number of methoxy groups -OCH3 is 1. The van der Waals surface area contributed by atoms with Crippen LogP contribution >= 0.6 is 0 Å². The first-order valence-corrected chi connectivity index (χ1v) is 3.69. The largest absolute Gasteiger partial charge is 0.391 e. The molecule has 0 aliphatic carbocycles. The van der Waals surface area contributed by atoms with E-state index in [1.54, 1.807) is 14.0 Å². The molecule has 0 bridgehead atoms. The molecule has 1 aliphatic rings. The van der Waals surface area contributed by atoms with Crippen molar-refractivity contribution < 1.29 is 19.7 Å². The topological polar surface area (TPSA) is 58.9 Å². The summed E-state index contributed by atoms with van der Waals surface area (Å²) in [6.45, 7) is 1.62. The molecule has 11 heavy (non-hydrogen) atoms. The van der Waals surface area contributed by atoms with Crippen molar-refractivity contribution in [1.82, 2.24) is 0 Å². The van der Waals surface area contributed by atoms with E-state index in [0.717, 1.165) is 0 Å². The van der Waals surface area contributed by atoms with Crippen molar-refractivity contribution in [3.05, 3.63) is 0 Å². The third-order valence-electron chi connectivity index (χ3n) is 1.89. The number of aliphatic hydroxyl groups is 2. The van der Waals surface area contributed by atoms with Crippen LogP contribution in [0.2, 0.25) is 0 Å². The zero-order chi connectivity index (χ0) is 8.43. The molecule has 4 atom stereocenters.